The van der Waals surface area contributed by atoms with E-state index in [1.54, 1.807) is 0 Å². The lowest BCUT2D eigenvalue weighted by atomic mass is 10.1. The third kappa shape index (κ3) is 3.03. The summed E-state index contributed by atoms with van der Waals surface area (Å²) in [5, 5.41) is 20.2. The van der Waals surface area contributed by atoms with Gasteiger partial charge in [-0.15, -0.1) is 0 Å². The quantitative estimate of drug-likeness (QED) is 0.825. The highest BCUT2D eigenvalue weighted by atomic mass is 16.5. The molecule has 0 fully saturated rings. The predicted molar refractivity (Wildman–Crippen MR) is 66.7 cm³/mol. The van der Waals surface area contributed by atoms with E-state index in [2.05, 4.69) is 18.2 Å². The summed E-state index contributed by atoms with van der Waals surface area (Å²) in [5.74, 6) is 0. The Bertz CT molecular complexity index is 476. The van der Waals surface area contributed by atoms with E-state index >= 15 is 0 Å². The van der Waals surface area contributed by atoms with Gasteiger partial charge in [-0.05, 0) is 16.3 Å². The maximum atomic E-state index is 9.17. The van der Waals surface area contributed by atoms with Crippen LogP contribution >= 0.6 is 0 Å². The Hall–Kier alpha value is -1.42. The zero-order valence-corrected chi connectivity index (χ0v) is 9.54. The van der Waals surface area contributed by atoms with E-state index in [4.69, 9.17) is 9.84 Å². The Morgan fingerprint density at radius 3 is 2.65 bits per heavy atom. The number of ether oxygens (including phenoxy) is 1. The van der Waals surface area contributed by atoms with Gasteiger partial charge in [0.15, 0.2) is 0 Å². The summed E-state index contributed by atoms with van der Waals surface area (Å²) >= 11 is 0. The molecule has 0 spiro atoms. The molecule has 0 aromatic heterocycles. The number of rotatable bonds is 5. The second-order valence-electron chi connectivity index (χ2n) is 3.99. The first-order chi connectivity index (χ1) is 8.31. The van der Waals surface area contributed by atoms with Gasteiger partial charge in [0.2, 0.25) is 0 Å². The summed E-state index contributed by atoms with van der Waals surface area (Å²) in [7, 11) is 0. The van der Waals surface area contributed by atoms with E-state index in [0.29, 0.717) is 6.61 Å². The Kier molecular flexibility index (Phi) is 4.09. The molecule has 17 heavy (non-hydrogen) atoms. The van der Waals surface area contributed by atoms with Crippen molar-refractivity contribution in [1.29, 1.82) is 0 Å². The summed E-state index contributed by atoms with van der Waals surface area (Å²) in [6.07, 6.45) is -0.801. The minimum absolute atomic E-state index is 0.153. The second-order valence-corrected chi connectivity index (χ2v) is 3.99. The van der Waals surface area contributed by atoms with Crippen LogP contribution in [0.4, 0.5) is 0 Å². The van der Waals surface area contributed by atoms with Crippen LogP contribution in [-0.2, 0) is 11.3 Å². The minimum atomic E-state index is -0.801. The van der Waals surface area contributed by atoms with Crippen molar-refractivity contribution < 1.29 is 14.9 Å². The van der Waals surface area contributed by atoms with E-state index in [-0.39, 0.29) is 13.2 Å². The Morgan fingerprint density at radius 1 is 1.06 bits per heavy atom. The molecule has 0 saturated heterocycles. The van der Waals surface area contributed by atoms with Gasteiger partial charge in [0, 0.05) is 0 Å². The highest BCUT2D eigenvalue weighted by molar-refractivity contribution is 5.85. The lowest BCUT2D eigenvalue weighted by Gasteiger charge is -2.10. The lowest BCUT2D eigenvalue weighted by Crippen LogP contribution is -2.19. The first-order valence-electron chi connectivity index (χ1n) is 5.64. The molecule has 0 aliphatic heterocycles. The lowest BCUT2D eigenvalue weighted by molar-refractivity contribution is 0.000312. The van der Waals surface area contributed by atoms with Crippen molar-refractivity contribution in [1.82, 2.24) is 0 Å². The molecule has 2 N–H and O–H groups in total. The van der Waals surface area contributed by atoms with Gasteiger partial charge in [-0.25, -0.2) is 0 Å². The van der Waals surface area contributed by atoms with Crippen molar-refractivity contribution in [3.63, 3.8) is 0 Å². The molecule has 0 saturated carbocycles. The van der Waals surface area contributed by atoms with Gasteiger partial charge < -0.3 is 14.9 Å². The van der Waals surface area contributed by atoms with Gasteiger partial charge in [0.05, 0.1) is 19.8 Å². The first kappa shape index (κ1) is 12.0. The summed E-state index contributed by atoms with van der Waals surface area (Å²) in [4.78, 5) is 0. The van der Waals surface area contributed by atoms with Crippen LogP contribution < -0.4 is 0 Å². The van der Waals surface area contributed by atoms with Crippen LogP contribution in [0, 0.1) is 0 Å². The van der Waals surface area contributed by atoms with Crippen LogP contribution in [-0.4, -0.2) is 29.5 Å². The van der Waals surface area contributed by atoms with Crippen molar-refractivity contribution in [2.45, 2.75) is 12.7 Å². The van der Waals surface area contributed by atoms with Gasteiger partial charge in [0.25, 0.3) is 0 Å². The largest absolute Gasteiger partial charge is 0.394 e. The topological polar surface area (TPSA) is 49.7 Å². The van der Waals surface area contributed by atoms with Crippen molar-refractivity contribution in [3.05, 3.63) is 48.0 Å². The van der Waals surface area contributed by atoms with Crippen molar-refractivity contribution in [2.24, 2.45) is 0 Å². The number of hydrogen-bond donors (Lipinski definition) is 2. The Morgan fingerprint density at radius 2 is 1.82 bits per heavy atom. The van der Waals surface area contributed by atoms with Gasteiger partial charge >= 0.3 is 0 Å². The van der Waals surface area contributed by atoms with Crippen LogP contribution in [0.3, 0.4) is 0 Å². The molecule has 0 heterocycles. The number of aliphatic hydroxyl groups excluding tert-OH is 2. The smallest absolute Gasteiger partial charge is 0.100 e. The molecule has 3 heteroatoms. The maximum Gasteiger partial charge on any atom is 0.100 e. The van der Waals surface area contributed by atoms with Crippen molar-refractivity contribution in [3.8, 4) is 0 Å². The molecule has 0 aliphatic carbocycles. The van der Waals surface area contributed by atoms with Gasteiger partial charge in [-0.1, -0.05) is 42.5 Å². The zero-order valence-electron chi connectivity index (χ0n) is 9.54. The molecule has 0 aliphatic rings. The normalized spacial score (nSPS) is 12.8. The molecule has 2 aromatic carbocycles. The van der Waals surface area contributed by atoms with Crippen LogP contribution in [0.1, 0.15) is 5.56 Å². The molecule has 1 atom stereocenters. The van der Waals surface area contributed by atoms with Gasteiger partial charge in [-0.2, -0.15) is 0 Å². The Balaban J connectivity index is 2.08. The minimum Gasteiger partial charge on any atom is -0.394 e. The average molecular weight is 232 g/mol. The standard InChI is InChI=1S/C14H16O3/c15-8-13(16)10-17-9-12-6-3-5-11-4-1-2-7-14(11)12/h1-7,13,15-16H,8-10H2/t13-/m1/s1. The van der Waals surface area contributed by atoms with Crippen LogP contribution in [0.2, 0.25) is 0 Å². The molecule has 0 bridgehead atoms. The molecule has 2 rings (SSSR count). The number of aliphatic hydroxyl groups is 2. The average Bonchev–Trinajstić information content (AvgIpc) is 2.39. The SMILES string of the molecule is OC[C@@H](O)COCc1cccc2ccccc12. The molecule has 3 nitrogen and oxygen atoms in total. The predicted octanol–water partition coefficient (Wildman–Crippen LogP) is 1.71. The molecule has 2 aromatic rings. The summed E-state index contributed by atoms with van der Waals surface area (Å²) in [6, 6.07) is 14.2. The monoisotopic (exact) mass is 232 g/mol. The zero-order chi connectivity index (χ0) is 12.1. The van der Waals surface area contributed by atoms with Crippen molar-refractivity contribution in [2.75, 3.05) is 13.2 Å². The van der Waals surface area contributed by atoms with E-state index in [0.717, 1.165) is 10.9 Å². The molecule has 0 amide bonds. The van der Waals surface area contributed by atoms with Crippen molar-refractivity contribution >= 4 is 10.8 Å². The highest BCUT2D eigenvalue weighted by Gasteiger charge is 2.03. The van der Waals surface area contributed by atoms with Gasteiger partial charge in [-0.3, -0.25) is 0 Å². The molecular weight excluding hydrogens is 216 g/mol. The fourth-order valence-corrected chi connectivity index (χ4v) is 1.78. The third-order valence-corrected chi connectivity index (χ3v) is 2.66. The second kappa shape index (κ2) is 5.77. The number of benzene rings is 2. The van der Waals surface area contributed by atoms with Crippen LogP contribution in [0.5, 0.6) is 0 Å². The summed E-state index contributed by atoms with van der Waals surface area (Å²) in [5.41, 5.74) is 1.09. The number of fused-ring (bicyclic) bond motifs is 1. The van der Waals surface area contributed by atoms with Gasteiger partial charge in [0.1, 0.15) is 6.10 Å². The van der Waals surface area contributed by atoms with E-state index in [9.17, 15) is 5.11 Å². The fourth-order valence-electron chi connectivity index (χ4n) is 1.78. The van der Waals surface area contributed by atoms with Crippen LogP contribution in [0.25, 0.3) is 10.8 Å². The molecule has 0 unspecified atom stereocenters. The Labute approximate surface area is 100 Å². The maximum absolute atomic E-state index is 9.17. The molecule has 0 radical (unpaired) electrons. The van der Waals surface area contributed by atoms with E-state index in [1.165, 1.54) is 5.39 Å². The highest BCUT2D eigenvalue weighted by Crippen LogP contribution is 2.19. The van der Waals surface area contributed by atoms with Crippen LogP contribution in [0.15, 0.2) is 42.5 Å². The molecular formula is C14H16O3. The fraction of sp³-hybridized carbons (Fsp3) is 0.286. The first-order valence-corrected chi connectivity index (χ1v) is 5.64. The number of hydrogen-bond acceptors (Lipinski definition) is 3. The summed E-state index contributed by atoms with van der Waals surface area (Å²) in [6.45, 7) is 0.327. The third-order valence-electron chi connectivity index (χ3n) is 2.66. The van der Waals surface area contributed by atoms with E-state index in [1.807, 2.05) is 24.3 Å². The molecule has 90 valence electrons. The van der Waals surface area contributed by atoms with E-state index < -0.39 is 6.10 Å². The summed E-state index contributed by atoms with van der Waals surface area (Å²) < 4.78 is 5.37.